The fraction of sp³-hybridized carbons (Fsp3) is 0.130. The van der Waals surface area contributed by atoms with Gasteiger partial charge in [-0.1, -0.05) is 36.4 Å². The number of para-hydroxylation sites is 1. The molecule has 1 atom stereocenters. The summed E-state index contributed by atoms with van der Waals surface area (Å²) in [6, 6.07) is 21.4. The lowest BCUT2D eigenvalue weighted by molar-refractivity contribution is 0.0939. The summed E-state index contributed by atoms with van der Waals surface area (Å²) in [7, 11) is -3.39. The predicted octanol–water partition coefficient (Wildman–Crippen LogP) is 4.23. The molecular formula is C23H23N3O4S. The van der Waals surface area contributed by atoms with Crippen LogP contribution in [0.25, 0.3) is 0 Å². The zero-order chi connectivity index (χ0) is 22.4. The molecule has 0 saturated heterocycles. The van der Waals surface area contributed by atoms with Crippen LogP contribution in [0.4, 0.5) is 16.2 Å². The number of hydrogen-bond donors (Lipinski definition) is 3. The quantitative estimate of drug-likeness (QED) is 0.537. The Morgan fingerprint density at radius 1 is 0.806 bits per heavy atom. The van der Waals surface area contributed by atoms with Gasteiger partial charge in [-0.2, -0.15) is 0 Å². The third-order valence-corrected chi connectivity index (χ3v) is 5.68. The van der Waals surface area contributed by atoms with E-state index in [2.05, 4.69) is 16.0 Å². The number of rotatable bonds is 6. The average Bonchev–Trinajstić information content (AvgIpc) is 2.74. The van der Waals surface area contributed by atoms with E-state index in [1.54, 1.807) is 42.5 Å². The second kappa shape index (κ2) is 9.44. The van der Waals surface area contributed by atoms with Gasteiger partial charge < -0.3 is 16.0 Å². The van der Waals surface area contributed by atoms with Crippen molar-refractivity contribution in [2.24, 2.45) is 0 Å². The van der Waals surface area contributed by atoms with Crippen LogP contribution < -0.4 is 16.0 Å². The molecule has 0 spiro atoms. The van der Waals surface area contributed by atoms with Gasteiger partial charge in [0.05, 0.1) is 10.9 Å². The van der Waals surface area contributed by atoms with E-state index in [1.165, 1.54) is 18.2 Å². The summed E-state index contributed by atoms with van der Waals surface area (Å²) < 4.78 is 23.4. The van der Waals surface area contributed by atoms with Crippen molar-refractivity contribution in [3.63, 3.8) is 0 Å². The molecule has 3 aromatic carbocycles. The molecule has 3 N–H and O–H groups in total. The molecule has 3 amide bonds. The zero-order valence-corrected chi connectivity index (χ0v) is 17.9. The minimum atomic E-state index is -3.39. The van der Waals surface area contributed by atoms with Crippen LogP contribution in [0, 0.1) is 0 Å². The van der Waals surface area contributed by atoms with Crippen molar-refractivity contribution < 1.29 is 18.0 Å². The van der Waals surface area contributed by atoms with E-state index in [4.69, 9.17) is 0 Å². The van der Waals surface area contributed by atoms with Crippen LogP contribution in [0.3, 0.4) is 0 Å². The Morgan fingerprint density at radius 2 is 1.42 bits per heavy atom. The van der Waals surface area contributed by atoms with E-state index in [-0.39, 0.29) is 28.4 Å². The third-order valence-electron chi connectivity index (χ3n) is 4.57. The van der Waals surface area contributed by atoms with Gasteiger partial charge in [0.2, 0.25) is 0 Å². The second-order valence-corrected chi connectivity index (χ2v) is 9.08. The predicted molar refractivity (Wildman–Crippen MR) is 121 cm³/mol. The van der Waals surface area contributed by atoms with Crippen LogP contribution in [0.5, 0.6) is 0 Å². The number of hydrogen-bond acceptors (Lipinski definition) is 4. The number of benzene rings is 3. The lowest BCUT2D eigenvalue weighted by atomic mass is 10.1. The monoisotopic (exact) mass is 437 g/mol. The summed E-state index contributed by atoms with van der Waals surface area (Å²) >= 11 is 0. The molecule has 160 valence electrons. The summed E-state index contributed by atoms with van der Waals surface area (Å²) in [6.45, 7) is 1.82. The van der Waals surface area contributed by atoms with E-state index in [1.807, 2.05) is 25.1 Å². The van der Waals surface area contributed by atoms with Gasteiger partial charge in [0.25, 0.3) is 5.91 Å². The smallest absolute Gasteiger partial charge is 0.323 e. The van der Waals surface area contributed by atoms with Gasteiger partial charge in [0, 0.05) is 23.2 Å². The Bertz CT molecular complexity index is 1180. The van der Waals surface area contributed by atoms with Gasteiger partial charge in [0.1, 0.15) is 0 Å². The Labute approximate surface area is 181 Å². The average molecular weight is 438 g/mol. The molecule has 3 rings (SSSR count). The van der Waals surface area contributed by atoms with E-state index in [0.717, 1.165) is 11.8 Å². The van der Waals surface area contributed by atoms with Gasteiger partial charge in [-0.25, -0.2) is 13.2 Å². The Hall–Kier alpha value is -3.65. The molecular weight excluding hydrogens is 414 g/mol. The molecule has 31 heavy (non-hydrogen) atoms. The highest BCUT2D eigenvalue weighted by Gasteiger charge is 2.14. The van der Waals surface area contributed by atoms with Crippen molar-refractivity contribution in [1.29, 1.82) is 0 Å². The van der Waals surface area contributed by atoms with Crippen LogP contribution in [0.2, 0.25) is 0 Å². The van der Waals surface area contributed by atoms with Crippen molar-refractivity contribution in [1.82, 2.24) is 5.32 Å². The second-order valence-electron chi connectivity index (χ2n) is 7.06. The van der Waals surface area contributed by atoms with Crippen LogP contribution in [-0.2, 0) is 9.84 Å². The number of anilines is 2. The maximum atomic E-state index is 12.5. The molecule has 0 aromatic heterocycles. The Balaban J connectivity index is 1.60. The highest BCUT2D eigenvalue weighted by Crippen LogP contribution is 2.18. The molecule has 0 fully saturated rings. The van der Waals surface area contributed by atoms with Crippen molar-refractivity contribution in [2.75, 3.05) is 16.9 Å². The third kappa shape index (κ3) is 6.16. The van der Waals surface area contributed by atoms with Crippen LogP contribution >= 0.6 is 0 Å². The van der Waals surface area contributed by atoms with Crippen LogP contribution in [0.1, 0.15) is 28.9 Å². The van der Waals surface area contributed by atoms with E-state index in [9.17, 15) is 18.0 Å². The molecule has 0 aliphatic carbocycles. The van der Waals surface area contributed by atoms with E-state index < -0.39 is 9.84 Å². The highest BCUT2D eigenvalue weighted by atomic mass is 32.2. The molecule has 1 unspecified atom stereocenters. The number of sulfone groups is 1. The van der Waals surface area contributed by atoms with Gasteiger partial charge in [0.15, 0.2) is 9.84 Å². The zero-order valence-electron chi connectivity index (χ0n) is 17.1. The topological polar surface area (TPSA) is 104 Å². The van der Waals surface area contributed by atoms with Gasteiger partial charge in [-0.15, -0.1) is 0 Å². The molecule has 3 aromatic rings. The first-order valence-electron chi connectivity index (χ1n) is 9.56. The van der Waals surface area contributed by atoms with Crippen LogP contribution in [0.15, 0.2) is 83.8 Å². The molecule has 0 aliphatic heterocycles. The lowest BCUT2D eigenvalue weighted by Crippen LogP contribution is -2.26. The van der Waals surface area contributed by atoms with Crippen molar-refractivity contribution in [2.45, 2.75) is 17.9 Å². The summed E-state index contributed by atoms with van der Waals surface area (Å²) in [5, 5.41) is 8.34. The highest BCUT2D eigenvalue weighted by molar-refractivity contribution is 7.90. The molecule has 0 heterocycles. The molecule has 8 heteroatoms. The van der Waals surface area contributed by atoms with Gasteiger partial charge in [-0.3, -0.25) is 4.79 Å². The standard InChI is InChI=1S/C23H23N3O4S/c1-16(24-22(27)18-7-6-10-21(15-18)31(2,29)30)17-11-13-20(14-12-17)26-23(28)25-19-8-4-3-5-9-19/h3-16H,1-2H3,(H,24,27)(H2,25,26,28). The SMILES string of the molecule is CC(NC(=O)c1cccc(S(C)(=O)=O)c1)c1ccc(NC(=O)Nc2ccccc2)cc1. The fourth-order valence-corrected chi connectivity index (χ4v) is 3.57. The normalized spacial score (nSPS) is 11.9. The number of urea groups is 1. The number of carbonyl (C=O) groups is 2. The van der Waals surface area contributed by atoms with Gasteiger partial charge in [-0.05, 0) is 55.0 Å². The first-order valence-corrected chi connectivity index (χ1v) is 11.5. The van der Waals surface area contributed by atoms with Gasteiger partial charge >= 0.3 is 6.03 Å². The van der Waals surface area contributed by atoms with Crippen molar-refractivity contribution in [3.8, 4) is 0 Å². The molecule has 0 aliphatic rings. The van der Waals surface area contributed by atoms with E-state index in [0.29, 0.717) is 11.4 Å². The minimum absolute atomic E-state index is 0.0945. The Kier molecular flexibility index (Phi) is 6.71. The molecule has 7 nitrogen and oxygen atoms in total. The largest absolute Gasteiger partial charge is 0.346 e. The van der Waals surface area contributed by atoms with Crippen LogP contribution in [-0.4, -0.2) is 26.6 Å². The summed E-state index contributed by atoms with van der Waals surface area (Å²) in [4.78, 5) is 24.7. The maximum Gasteiger partial charge on any atom is 0.323 e. The molecule has 0 saturated carbocycles. The number of nitrogens with one attached hydrogen (secondary N) is 3. The van der Waals surface area contributed by atoms with Crippen molar-refractivity contribution in [3.05, 3.63) is 90.0 Å². The number of amides is 3. The minimum Gasteiger partial charge on any atom is -0.346 e. The summed E-state index contributed by atoms with van der Waals surface area (Å²) in [5.74, 6) is -0.373. The maximum absolute atomic E-state index is 12.5. The molecule has 0 radical (unpaired) electrons. The molecule has 0 bridgehead atoms. The first kappa shape index (κ1) is 22.0. The summed E-state index contributed by atoms with van der Waals surface area (Å²) in [6.07, 6.45) is 1.10. The van der Waals surface area contributed by atoms with E-state index >= 15 is 0 Å². The fourth-order valence-electron chi connectivity index (χ4n) is 2.90. The Morgan fingerprint density at radius 3 is 2.03 bits per heavy atom. The number of carbonyl (C=O) groups excluding carboxylic acids is 2. The summed E-state index contributed by atoms with van der Waals surface area (Å²) in [5.41, 5.74) is 2.40. The lowest BCUT2D eigenvalue weighted by Gasteiger charge is -2.15. The first-order chi connectivity index (χ1) is 14.7. The van der Waals surface area contributed by atoms with Crippen molar-refractivity contribution >= 4 is 33.2 Å².